The Balaban J connectivity index is 1.35. The fourth-order valence-corrected chi connectivity index (χ4v) is 2.82. The van der Waals surface area contributed by atoms with E-state index in [1.165, 1.54) is 5.56 Å². The summed E-state index contributed by atoms with van der Waals surface area (Å²) in [5.41, 5.74) is 3.32. The SMILES string of the molecule is Cc1cccc(COc2cccc(C(=O)OCc3nc(-c4cccnc4)no3)c2)c1. The first-order valence-corrected chi connectivity index (χ1v) is 9.36. The lowest BCUT2D eigenvalue weighted by molar-refractivity contribution is 0.0429. The van der Waals surface area contributed by atoms with Crippen LogP contribution in [0.3, 0.4) is 0 Å². The molecule has 0 radical (unpaired) electrons. The van der Waals surface area contributed by atoms with Crippen molar-refractivity contribution in [2.45, 2.75) is 20.1 Å². The molecule has 2 aromatic carbocycles. The van der Waals surface area contributed by atoms with Crippen molar-refractivity contribution < 1.29 is 18.8 Å². The zero-order valence-electron chi connectivity index (χ0n) is 16.3. The largest absolute Gasteiger partial charge is 0.489 e. The van der Waals surface area contributed by atoms with Gasteiger partial charge in [-0.3, -0.25) is 4.98 Å². The van der Waals surface area contributed by atoms with Crippen LogP contribution < -0.4 is 4.74 Å². The molecule has 4 rings (SSSR count). The molecule has 2 aromatic heterocycles. The van der Waals surface area contributed by atoms with Gasteiger partial charge in [0.1, 0.15) is 12.4 Å². The van der Waals surface area contributed by atoms with E-state index in [1.54, 1.807) is 42.7 Å². The number of hydrogen-bond donors (Lipinski definition) is 0. The van der Waals surface area contributed by atoms with E-state index in [0.717, 1.165) is 11.1 Å². The molecule has 0 unspecified atom stereocenters. The van der Waals surface area contributed by atoms with Gasteiger partial charge in [-0.2, -0.15) is 4.98 Å². The quantitative estimate of drug-likeness (QED) is 0.425. The van der Waals surface area contributed by atoms with E-state index >= 15 is 0 Å². The highest BCUT2D eigenvalue weighted by molar-refractivity contribution is 5.89. The fourth-order valence-electron chi connectivity index (χ4n) is 2.82. The van der Waals surface area contributed by atoms with Crippen LogP contribution in [0.1, 0.15) is 27.4 Å². The van der Waals surface area contributed by atoms with Crippen LogP contribution in [0, 0.1) is 6.92 Å². The van der Waals surface area contributed by atoms with Gasteiger partial charge in [0.05, 0.1) is 5.56 Å². The molecule has 150 valence electrons. The summed E-state index contributed by atoms with van der Waals surface area (Å²) in [5, 5.41) is 3.87. The van der Waals surface area contributed by atoms with Gasteiger partial charge < -0.3 is 14.0 Å². The van der Waals surface area contributed by atoms with Crippen LogP contribution in [0.25, 0.3) is 11.4 Å². The van der Waals surface area contributed by atoms with E-state index in [9.17, 15) is 4.79 Å². The summed E-state index contributed by atoms with van der Waals surface area (Å²) in [6, 6.07) is 18.5. The lowest BCUT2D eigenvalue weighted by Crippen LogP contribution is -2.06. The Hall–Kier alpha value is -4.00. The van der Waals surface area contributed by atoms with Crippen LogP contribution in [0.5, 0.6) is 5.75 Å². The molecule has 30 heavy (non-hydrogen) atoms. The minimum Gasteiger partial charge on any atom is -0.489 e. The second kappa shape index (κ2) is 9.00. The van der Waals surface area contributed by atoms with Gasteiger partial charge in [0.2, 0.25) is 5.82 Å². The Morgan fingerprint density at radius 2 is 1.93 bits per heavy atom. The molecule has 0 fully saturated rings. The second-order valence-electron chi connectivity index (χ2n) is 6.64. The maximum absolute atomic E-state index is 12.4. The molecule has 0 N–H and O–H groups in total. The predicted molar refractivity (Wildman–Crippen MR) is 109 cm³/mol. The number of benzene rings is 2. The van der Waals surface area contributed by atoms with Crippen LogP contribution in [-0.4, -0.2) is 21.1 Å². The number of rotatable bonds is 7. The predicted octanol–water partition coefficient (Wildman–Crippen LogP) is 4.38. The molecule has 0 saturated carbocycles. The molecule has 0 amide bonds. The van der Waals surface area contributed by atoms with Gasteiger partial charge in [-0.1, -0.05) is 41.1 Å². The molecule has 7 heteroatoms. The minimum atomic E-state index is -0.503. The van der Waals surface area contributed by atoms with Gasteiger partial charge >= 0.3 is 5.97 Å². The maximum Gasteiger partial charge on any atom is 0.338 e. The standard InChI is InChI=1S/C23H19N3O4/c1-16-5-2-6-17(11-16)14-28-20-9-3-7-18(12-20)23(27)29-15-21-25-22(26-30-21)19-8-4-10-24-13-19/h2-13H,14-15H2,1H3. The van der Waals surface area contributed by atoms with Crippen molar-refractivity contribution in [3.63, 3.8) is 0 Å². The van der Waals surface area contributed by atoms with Crippen molar-refractivity contribution in [2.24, 2.45) is 0 Å². The van der Waals surface area contributed by atoms with E-state index in [0.29, 0.717) is 23.7 Å². The Bertz CT molecular complexity index is 1140. The van der Waals surface area contributed by atoms with E-state index in [2.05, 4.69) is 21.2 Å². The summed E-state index contributed by atoms with van der Waals surface area (Å²) in [6.45, 7) is 2.32. The molecule has 0 spiro atoms. The molecule has 7 nitrogen and oxygen atoms in total. The molecule has 0 atom stereocenters. The van der Waals surface area contributed by atoms with E-state index < -0.39 is 5.97 Å². The molecule has 0 saturated heterocycles. The van der Waals surface area contributed by atoms with Gasteiger partial charge in [-0.05, 0) is 42.8 Å². The van der Waals surface area contributed by atoms with Crippen molar-refractivity contribution in [3.05, 3.63) is 95.6 Å². The molecule has 0 aliphatic rings. The van der Waals surface area contributed by atoms with Crippen molar-refractivity contribution in [1.82, 2.24) is 15.1 Å². The van der Waals surface area contributed by atoms with Crippen molar-refractivity contribution in [1.29, 1.82) is 0 Å². The summed E-state index contributed by atoms with van der Waals surface area (Å²) in [6.07, 6.45) is 3.29. The fraction of sp³-hybridized carbons (Fsp3) is 0.130. The highest BCUT2D eigenvalue weighted by atomic mass is 16.6. The molecule has 2 heterocycles. The number of aryl methyl sites for hydroxylation is 1. The molecule has 0 bridgehead atoms. The summed E-state index contributed by atoms with van der Waals surface area (Å²) >= 11 is 0. The van der Waals surface area contributed by atoms with Gasteiger partial charge in [0.25, 0.3) is 5.89 Å². The highest BCUT2D eigenvalue weighted by Crippen LogP contribution is 2.18. The average Bonchev–Trinajstić information content (AvgIpc) is 3.26. The number of pyridine rings is 1. The zero-order chi connectivity index (χ0) is 20.8. The number of esters is 1. The Kier molecular flexibility index (Phi) is 5.80. The first kappa shape index (κ1) is 19.3. The zero-order valence-corrected chi connectivity index (χ0v) is 16.3. The third-order valence-corrected chi connectivity index (χ3v) is 4.27. The molecular weight excluding hydrogens is 382 g/mol. The van der Waals surface area contributed by atoms with E-state index in [1.807, 2.05) is 31.2 Å². The molecular formula is C23H19N3O4. The summed E-state index contributed by atoms with van der Waals surface area (Å²) < 4.78 is 16.2. The topological polar surface area (TPSA) is 87.3 Å². The Morgan fingerprint density at radius 1 is 1.03 bits per heavy atom. The molecule has 0 aliphatic carbocycles. The number of hydrogen-bond acceptors (Lipinski definition) is 7. The second-order valence-corrected chi connectivity index (χ2v) is 6.64. The Morgan fingerprint density at radius 3 is 2.77 bits per heavy atom. The lowest BCUT2D eigenvalue weighted by atomic mass is 10.1. The normalized spacial score (nSPS) is 10.6. The molecule has 4 aromatic rings. The van der Waals surface area contributed by atoms with E-state index in [4.69, 9.17) is 14.0 Å². The summed E-state index contributed by atoms with van der Waals surface area (Å²) in [4.78, 5) is 20.6. The minimum absolute atomic E-state index is 0.125. The summed E-state index contributed by atoms with van der Waals surface area (Å²) in [7, 11) is 0. The Labute approximate surface area is 173 Å². The third kappa shape index (κ3) is 4.88. The van der Waals surface area contributed by atoms with Crippen LogP contribution in [0.4, 0.5) is 0 Å². The molecule has 0 aliphatic heterocycles. The van der Waals surface area contributed by atoms with Gasteiger partial charge in [-0.15, -0.1) is 0 Å². The van der Waals surface area contributed by atoms with Crippen LogP contribution in [-0.2, 0) is 18.0 Å². The van der Waals surface area contributed by atoms with Gasteiger partial charge in [0, 0.05) is 18.0 Å². The van der Waals surface area contributed by atoms with E-state index in [-0.39, 0.29) is 12.5 Å². The number of ether oxygens (including phenoxy) is 2. The smallest absolute Gasteiger partial charge is 0.338 e. The van der Waals surface area contributed by atoms with Crippen molar-refractivity contribution >= 4 is 5.97 Å². The van der Waals surface area contributed by atoms with Crippen LogP contribution in [0.15, 0.2) is 77.6 Å². The maximum atomic E-state index is 12.4. The lowest BCUT2D eigenvalue weighted by Gasteiger charge is -2.08. The first-order chi connectivity index (χ1) is 14.7. The summed E-state index contributed by atoms with van der Waals surface area (Å²) in [5.74, 6) is 0.675. The van der Waals surface area contributed by atoms with Crippen molar-refractivity contribution in [2.75, 3.05) is 0 Å². The number of aromatic nitrogens is 3. The highest BCUT2D eigenvalue weighted by Gasteiger charge is 2.13. The van der Waals surface area contributed by atoms with Gasteiger partial charge in [0.15, 0.2) is 6.61 Å². The third-order valence-electron chi connectivity index (χ3n) is 4.27. The van der Waals surface area contributed by atoms with Crippen LogP contribution in [0.2, 0.25) is 0 Å². The number of carbonyl (C=O) groups is 1. The monoisotopic (exact) mass is 401 g/mol. The number of carbonyl (C=O) groups excluding carboxylic acids is 1. The van der Waals surface area contributed by atoms with Crippen molar-refractivity contribution in [3.8, 4) is 17.1 Å². The van der Waals surface area contributed by atoms with Gasteiger partial charge in [-0.25, -0.2) is 4.79 Å². The van der Waals surface area contributed by atoms with Crippen LogP contribution >= 0.6 is 0 Å². The number of nitrogens with zero attached hydrogens (tertiary/aromatic N) is 3. The first-order valence-electron chi connectivity index (χ1n) is 9.36. The average molecular weight is 401 g/mol.